The number of rotatable bonds is 3. The van der Waals surface area contributed by atoms with Gasteiger partial charge >= 0.3 is 0 Å². The van der Waals surface area contributed by atoms with Crippen molar-refractivity contribution in [2.24, 2.45) is 5.10 Å². The van der Waals surface area contributed by atoms with Crippen LogP contribution in [0.25, 0.3) is 0 Å². The normalized spacial score (nSPS) is 17.2. The Morgan fingerprint density at radius 1 is 1.24 bits per heavy atom. The molecule has 0 unspecified atom stereocenters. The van der Waals surface area contributed by atoms with Crippen LogP contribution in [0, 0.1) is 6.92 Å². The SMILES string of the molecule is COc1ccccc1[C@H]1CC(c2cc(C)ccc2O)=NN1. The third-order valence-corrected chi connectivity index (χ3v) is 3.73. The van der Waals surface area contributed by atoms with E-state index in [1.54, 1.807) is 13.2 Å². The van der Waals surface area contributed by atoms with Crippen LogP contribution in [0.4, 0.5) is 0 Å². The molecular weight excluding hydrogens is 264 g/mol. The highest BCUT2D eigenvalue weighted by atomic mass is 16.5. The second-order valence-electron chi connectivity index (χ2n) is 5.21. The van der Waals surface area contributed by atoms with Crippen LogP contribution in [-0.2, 0) is 0 Å². The third-order valence-electron chi connectivity index (χ3n) is 3.73. The van der Waals surface area contributed by atoms with E-state index in [9.17, 15) is 5.11 Å². The lowest BCUT2D eigenvalue weighted by atomic mass is 9.97. The smallest absolute Gasteiger partial charge is 0.124 e. The van der Waals surface area contributed by atoms with Gasteiger partial charge in [0.2, 0.25) is 0 Å². The second-order valence-corrected chi connectivity index (χ2v) is 5.21. The van der Waals surface area contributed by atoms with Crippen LogP contribution in [0.15, 0.2) is 47.6 Å². The van der Waals surface area contributed by atoms with Crippen LogP contribution in [-0.4, -0.2) is 17.9 Å². The number of nitrogens with zero attached hydrogens (tertiary/aromatic N) is 1. The molecule has 108 valence electrons. The minimum Gasteiger partial charge on any atom is -0.507 e. The van der Waals surface area contributed by atoms with Gasteiger partial charge in [-0.25, -0.2) is 0 Å². The van der Waals surface area contributed by atoms with Crippen molar-refractivity contribution < 1.29 is 9.84 Å². The number of phenols is 1. The van der Waals surface area contributed by atoms with Crippen molar-refractivity contribution in [2.45, 2.75) is 19.4 Å². The number of nitrogens with one attached hydrogen (secondary N) is 1. The molecule has 0 spiro atoms. The van der Waals surface area contributed by atoms with Crippen LogP contribution in [0.5, 0.6) is 11.5 Å². The van der Waals surface area contributed by atoms with Gasteiger partial charge in [-0.15, -0.1) is 0 Å². The van der Waals surface area contributed by atoms with Gasteiger partial charge in [-0.1, -0.05) is 29.8 Å². The van der Waals surface area contributed by atoms with Crippen molar-refractivity contribution in [3.8, 4) is 11.5 Å². The molecule has 0 fully saturated rings. The van der Waals surface area contributed by atoms with E-state index in [0.717, 1.165) is 34.6 Å². The number of benzene rings is 2. The first kappa shape index (κ1) is 13.5. The third kappa shape index (κ3) is 2.57. The summed E-state index contributed by atoms with van der Waals surface area (Å²) in [6.07, 6.45) is 0.720. The van der Waals surface area contributed by atoms with Crippen molar-refractivity contribution >= 4 is 5.71 Å². The zero-order valence-electron chi connectivity index (χ0n) is 12.1. The summed E-state index contributed by atoms with van der Waals surface area (Å²) in [6, 6.07) is 13.5. The molecule has 1 heterocycles. The number of ether oxygens (including phenoxy) is 1. The maximum atomic E-state index is 10.0. The summed E-state index contributed by atoms with van der Waals surface area (Å²) >= 11 is 0. The highest BCUT2D eigenvalue weighted by Crippen LogP contribution is 2.32. The van der Waals surface area contributed by atoms with Gasteiger partial charge in [0.25, 0.3) is 0 Å². The minimum atomic E-state index is 0.0658. The summed E-state index contributed by atoms with van der Waals surface area (Å²) in [5, 5.41) is 14.4. The van der Waals surface area contributed by atoms with E-state index in [1.807, 2.05) is 43.3 Å². The standard InChI is InChI=1S/C17H18N2O2/c1-11-7-8-16(20)13(9-11)15-10-14(18-19-15)12-5-3-4-6-17(12)21-2/h3-9,14,18,20H,10H2,1-2H3/t14-/m1/s1. The first-order valence-electron chi connectivity index (χ1n) is 6.94. The zero-order chi connectivity index (χ0) is 14.8. The molecule has 0 bridgehead atoms. The van der Waals surface area contributed by atoms with Gasteiger partial charge in [0.15, 0.2) is 0 Å². The molecule has 1 aliphatic heterocycles. The van der Waals surface area contributed by atoms with E-state index in [4.69, 9.17) is 4.74 Å². The van der Waals surface area contributed by atoms with Crippen molar-refractivity contribution in [1.29, 1.82) is 0 Å². The van der Waals surface area contributed by atoms with Crippen LogP contribution in [0.2, 0.25) is 0 Å². The zero-order valence-corrected chi connectivity index (χ0v) is 12.1. The number of aromatic hydroxyl groups is 1. The molecule has 0 radical (unpaired) electrons. The number of para-hydroxylation sites is 1. The van der Waals surface area contributed by atoms with E-state index in [1.165, 1.54) is 0 Å². The summed E-state index contributed by atoms with van der Waals surface area (Å²) in [4.78, 5) is 0. The van der Waals surface area contributed by atoms with Gasteiger partial charge in [0.1, 0.15) is 11.5 Å². The highest BCUT2D eigenvalue weighted by Gasteiger charge is 2.25. The molecule has 2 aromatic rings. The molecule has 2 aromatic carbocycles. The molecule has 4 nitrogen and oxygen atoms in total. The van der Waals surface area contributed by atoms with Gasteiger partial charge in [-0.05, 0) is 25.1 Å². The lowest BCUT2D eigenvalue weighted by Crippen LogP contribution is -2.11. The molecule has 21 heavy (non-hydrogen) atoms. The van der Waals surface area contributed by atoms with E-state index in [2.05, 4.69) is 10.5 Å². The Kier molecular flexibility index (Phi) is 3.52. The predicted molar refractivity (Wildman–Crippen MR) is 82.9 cm³/mol. The highest BCUT2D eigenvalue weighted by molar-refractivity contribution is 6.04. The Morgan fingerprint density at radius 3 is 2.86 bits per heavy atom. The number of phenolic OH excluding ortho intramolecular Hbond substituents is 1. The number of hydrogen-bond acceptors (Lipinski definition) is 4. The van der Waals surface area contributed by atoms with Crippen molar-refractivity contribution in [2.75, 3.05) is 7.11 Å². The Labute approximate surface area is 124 Å². The molecule has 0 saturated carbocycles. The predicted octanol–water partition coefficient (Wildman–Crippen LogP) is 3.15. The van der Waals surface area contributed by atoms with Gasteiger partial charge in [-0.2, -0.15) is 5.10 Å². The average molecular weight is 282 g/mol. The Hall–Kier alpha value is -2.49. The van der Waals surface area contributed by atoms with Gasteiger partial charge in [0.05, 0.1) is 18.9 Å². The lowest BCUT2D eigenvalue weighted by molar-refractivity contribution is 0.402. The summed E-state index contributed by atoms with van der Waals surface area (Å²) in [5.41, 5.74) is 6.98. The molecule has 1 aliphatic rings. The van der Waals surface area contributed by atoms with E-state index in [0.29, 0.717) is 0 Å². The van der Waals surface area contributed by atoms with Crippen LogP contribution in [0.1, 0.15) is 29.2 Å². The lowest BCUT2D eigenvalue weighted by Gasteiger charge is -2.14. The minimum absolute atomic E-state index is 0.0658. The fourth-order valence-corrected chi connectivity index (χ4v) is 2.63. The molecular formula is C17H18N2O2. The molecule has 0 aromatic heterocycles. The maximum Gasteiger partial charge on any atom is 0.124 e. The monoisotopic (exact) mass is 282 g/mol. The fourth-order valence-electron chi connectivity index (χ4n) is 2.63. The summed E-state index contributed by atoms with van der Waals surface area (Å²) in [5.74, 6) is 1.11. The molecule has 0 saturated heterocycles. The van der Waals surface area contributed by atoms with E-state index >= 15 is 0 Å². The first-order chi connectivity index (χ1) is 10.2. The molecule has 2 N–H and O–H groups in total. The number of hydrazone groups is 1. The quantitative estimate of drug-likeness (QED) is 0.909. The van der Waals surface area contributed by atoms with Crippen LogP contribution in [0.3, 0.4) is 0 Å². The topological polar surface area (TPSA) is 53.9 Å². The van der Waals surface area contributed by atoms with Crippen LogP contribution >= 0.6 is 0 Å². The van der Waals surface area contributed by atoms with Crippen LogP contribution < -0.4 is 10.2 Å². The number of methoxy groups -OCH3 is 1. The van der Waals surface area contributed by atoms with E-state index in [-0.39, 0.29) is 11.8 Å². The Morgan fingerprint density at radius 2 is 2.05 bits per heavy atom. The van der Waals surface area contributed by atoms with Crippen molar-refractivity contribution in [3.63, 3.8) is 0 Å². The van der Waals surface area contributed by atoms with E-state index < -0.39 is 0 Å². The van der Waals surface area contributed by atoms with Gasteiger partial charge in [0, 0.05) is 17.5 Å². The number of hydrogen-bond donors (Lipinski definition) is 2. The summed E-state index contributed by atoms with van der Waals surface area (Å²) in [6.45, 7) is 2.00. The number of aryl methyl sites for hydroxylation is 1. The first-order valence-corrected chi connectivity index (χ1v) is 6.94. The summed E-state index contributed by atoms with van der Waals surface area (Å²) < 4.78 is 5.40. The Bertz CT molecular complexity index is 695. The van der Waals surface area contributed by atoms with Gasteiger partial charge in [-0.3, -0.25) is 0 Å². The van der Waals surface area contributed by atoms with Gasteiger partial charge < -0.3 is 15.3 Å². The second kappa shape index (κ2) is 5.48. The molecule has 0 amide bonds. The Balaban J connectivity index is 1.86. The van der Waals surface area contributed by atoms with Crippen molar-refractivity contribution in [3.05, 3.63) is 59.2 Å². The van der Waals surface area contributed by atoms with Crippen molar-refractivity contribution in [1.82, 2.24) is 5.43 Å². The summed E-state index contributed by atoms with van der Waals surface area (Å²) in [7, 11) is 1.67. The largest absolute Gasteiger partial charge is 0.507 e. The maximum absolute atomic E-state index is 10.0. The molecule has 1 atom stereocenters. The molecule has 3 rings (SSSR count). The fraction of sp³-hybridized carbons (Fsp3) is 0.235. The molecule has 0 aliphatic carbocycles. The average Bonchev–Trinajstić information content (AvgIpc) is 2.99. The molecule has 4 heteroatoms.